The zero-order chi connectivity index (χ0) is 50.0. The predicted octanol–water partition coefficient (Wildman–Crippen LogP) is 19.1. The van der Waals surface area contributed by atoms with Gasteiger partial charge in [0, 0.05) is 19.3 Å². The Hall–Kier alpha value is -3.93. The van der Waals surface area contributed by atoms with Crippen molar-refractivity contribution >= 4 is 17.9 Å². The number of allylic oxidation sites excluding steroid dienone is 18. The second-order valence-electron chi connectivity index (χ2n) is 18.5. The Morgan fingerprint density at radius 3 is 1.01 bits per heavy atom. The van der Waals surface area contributed by atoms with Gasteiger partial charge in [-0.25, -0.2) is 0 Å². The first kappa shape index (κ1) is 65.1. The van der Waals surface area contributed by atoms with Crippen LogP contribution in [-0.4, -0.2) is 37.2 Å². The summed E-state index contributed by atoms with van der Waals surface area (Å²) in [6.45, 7) is 6.42. The standard InChI is InChI=1S/C63H104O6/c1-4-7-10-13-16-19-22-25-28-30-31-33-35-38-41-44-47-50-53-56-62(65)68-59-60(58-67-61(64)55-52-49-46-43-40-37-34-27-24-21-18-15-12-9-6-3)69-63(66)57-54-51-48-45-42-39-36-32-29-26-23-20-17-14-11-8-5-2/h7,10,16-17,19-20,25-29,31,33-34,38,41,47,50,60H,4-6,8-9,11-15,18,21-24,30,32,35-37,39-40,42-46,48-49,51-59H2,1-3H3/b10-7-,19-16-,20-17-,28-25-,29-26-,33-31-,34-27-,41-38-,50-47-/t60-/m0/s1. The number of hydrogen-bond acceptors (Lipinski definition) is 6. The van der Waals surface area contributed by atoms with E-state index >= 15 is 0 Å². The SMILES string of the molecule is CC/C=C\C/C=C\C/C=C\C/C=C\C/C=C\C/C=C\CCC(=O)OC[C@H](COC(=O)CCCCCCC/C=C\CCCCCCCC)OC(=O)CCCCCCCCC/C=C\C/C=C\CCCCC. The number of hydrogen-bond donors (Lipinski definition) is 0. The first-order valence-electron chi connectivity index (χ1n) is 28.4. The Morgan fingerprint density at radius 1 is 0.304 bits per heavy atom. The minimum Gasteiger partial charge on any atom is -0.462 e. The third kappa shape index (κ3) is 54.9. The van der Waals surface area contributed by atoms with Crippen LogP contribution in [0.25, 0.3) is 0 Å². The van der Waals surface area contributed by atoms with Crippen LogP contribution in [0.1, 0.15) is 252 Å². The maximum atomic E-state index is 12.9. The molecule has 0 saturated carbocycles. The van der Waals surface area contributed by atoms with Crippen LogP contribution in [0.3, 0.4) is 0 Å². The summed E-state index contributed by atoms with van der Waals surface area (Å²) in [4.78, 5) is 38.1. The molecule has 0 aliphatic heterocycles. The number of esters is 3. The quantitative estimate of drug-likeness (QED) is 0.0262. The first-order valence-corrected chi connectivity index (χ1v) is 28.4. The lowest BCUT2D eigenvalue weighted by Crippen LogP contribution is -2.30. The van der Waals surface area contributed by atoms with Crippen molar-refractivity contribution in [1.29, 1.82) is 0 Å². The highest BCUT2D eigenvalue weighted by atomic mass is 16.6. The normalized spacial score (nSPS) is 12.9. The van der Waals surface area contributed by atoms with Gasteiger partial charge in [-0.1, -0.05) is 226 Å². The van der Waals surface area contributed by atoms with E-state index in [2.05, 4.69) is 124 Å². The summed E-state index contributed by atoms with van der Waals surface area (Å²) in [6, 6.07) is 0. The Morgan fingerprint density at radius 2 is 0.594 bits per heavy atom. The van der Waals surface area contributed by atoms with Gasteiger partial charge in [0.15, 0.2) is 6.10 Å². The second kappa shape index (κ2) is 56.7. The highest BCUT2D eigenvalue weighted by Gasteiger charge is 2.19. The zero-order valence-corrected chi connectivity index (χ0v) is 44.8. The molecule has 0 aliphatic rings. The van der Waals surface area contributed by atoms with Crippen molar-refractivity contribution in [2.45, 2.75) is 258 Å². The van der Waals surface area contributed by atoms with Gasteiger partial charge in [0.05, 0.1) is 0 Å². The average molecular weight is 958 g/mol. The fourth-order valence-corrected chi connectivity index (χ4v) is 7.49. The monoisotopic (exact) mass is 957 g/mol. The van der Waals surface area contributed by atoms with Gasteiger partial charge in [-0.3, -0.25) is 14.4 Å². The number of carbonyl (C=O) groups excluding carboxylic acids is 3. The van der Waals surface area contributed by atoms with E-state index in [-0.39, 0.29) is 37.5 Å². The van der Waals surface area contributed by atoms with E-state index in [4.69, 9.17) is 14.2 Å². The van der Waals surface area contributed by atoms with Gasteiger partial charge in [0.1, 0.15) is 13.2 Å². The van der Waals surface area contributed by atoms with Gasteiger partial charge in [0.2, 0.25) is 0 Å². The fourth-order valence-electron chi connectivity index (χ4n) is 7.49. The van der Waals surface area contributed by atoms with Gasteiger partial charge < -0.3 is 14.2 Å². The molecule has 0 unspecified atom stereocenters. The van der Waals surface area contributed by atoms with Gasteiger partial charge in [0.25, 0.3) is 0 Å². The Balaban J connectivity index is 4.53. The summed E-state index contributed by atoms with van der Waals surface area (Å²) in [5.41, 5.74) is 0. The molecule has 0 aromatic carbocycles. The van der Waals surface area contributed by atoms with Crippen LogP contribution in [0.2, 0.25) is 0 Å². The highest BCUT2D eigenvalue weighted by Crippen LogP contribution is 2.14. The molecule has 0 aliphatic carbocycles. The molecule has 0 N–H and O–H groups in total. The van der Waals surface area contributed by atoms with Crippen molar-refractivity contribution < 1.29 is 28.6 Å². The van der Waals surface area contributed by atoms with Gasteiger partial charge in [-0.05, 0) is 116 Å². The smallest absolute Gasteiger partial charge is 0.306 e. The summed E-state index contributed by atoms with van der Waals surface area (Å²) >= 11 is 0. The summed E-state index contributed by atoms with van der Waals surface area (Å²) in [5.74, 6) is -1.01. The van der Waals surface area contributed by atoms with Crippen molar-refractivity contribution in [3.05, 3.63) is 109 Å². The molecule has 0 aromatic heterocycles. The largest absolute Gasteiger partial charge is 0.462 e. The van der Waals surface area contributed by atoms with E-state index in [1.165, 1.54) is 103 Å². The second-order valence-corrected chi connectivity index (χ2v) is 18.5. The molecule has 1 atom stereocenters. The summed E-state index contributed by atoms with van der Waals surface area (Å²) in [7, 11) is 0. The van der Waals surface area contributed by atoms with Crippen LogP contribution in [-0.2, 0) is 28.6 Å². The van der Waals surface area contributed by atoms with Crippen LogP contribution >= 0.6 is 0 Å². The number of unbranched alkanes of at least 4 members (excludes halogenated alkanes) is 21. The maximum Gasteiger partial charge on any atom is 0.306 e. The molecule has 0 fully saturated rings. The molecule has 6 heteroatoms. The van der Waals surface area contributed by atoms with Crippen molar-refractivity contribution in [3.8, 4) is 0 Å². The van der Waals surface area contributed by atoms with Crippen LogP contribution in [0.4, 0.5) is 0 Å². The van der Waals surface area contributed by atoms with Gasteiger partial charge in [-0.2, -0.15) is 0 Å². The van der Waals surface area contributed by atoms with E-state index in [1.807, 2.05) is 6.08 Å². The summed E-state index contributed by atoms with van der Waals surface area (Å²) < 4.78 is 16.8. The molecule has 69 heavy (non-hydrogen) atoms. The summed E-state index contributed by atoms with van der Waals surface area (Å²) in [6.07, 6.45) is 76.5. The highest BCUT2D eigenvalue weighted by molar-refractivity contribution is 5.71. The van der Waals surface area contributed by atoms with Crippen LogP contribution in [0.15, 0.2) is 109 Å². The number of rotatable bonds is 50. The van der Waals surface area contributed by atoms with E-state index in [1.54, 1.807) is 0 Å². The summed E-state index contributed by atoms with van der Waals surface area (Å²) in [5, 5.41) is 0. The number of carbonyl (C=O) groups is 3. The Labute approximate surface area is 425 Å². The molecule has 0 rings (SSSR count). The fraction of sp³-hybridized carbons (Fsp3) is 0.667. The minimum absolute atomic E-state index is 0.110. The van der Waals surface area contributed by atoms with Crippen LogP contribution < -0.4 is 0 Å². The third-order valence-electron chi connectivity index (χ3n) is 11.7. The molecule has 0 amide bonds. The lowest BCUT2D eigenvalue weighted by atomic mass is 10.1. The molecule has 392 valence electrons. The van der Waals surface area contributed by atoms with Crippen molar-refractivity contribution in [2.24, 2.45) is 0 Å². The molecule has 0 heterocycles. The lowest BCUT2D eigenvalue weighted by molar-refractivity contribution is -0.166. The third-order valence-corrected chi connectivity index (χ3v) is 11.7. The maximum absolute atomic E-state index is 12.9. The van der Waals surface area contributed by atoms with E-state index in [9.17, 15) is 14.4 Å². The average Bonchev–Trinajstić information content (AvgIpc) is 3.35. The number of ether oxygens (including phenoxy) is 3. The van der Waals surface area contributed by atoms with E-state index in [0.29, 0.717) is 19.3 Å². The molecule has 0 radical (unpaired) electrons. The zero-order valence-electron chi connectivity index (χ0n) is 44.8. The van der Waals surface area contributed by atoms with Crippen molar-refractivity contribution in [3.63, 3.8) is 0 Å². The van der Waals surface area contributed by atoms with E-state index in [0.717, 1.165) is 103 Å². The molecule has 0 spiro atoms. The Kier molecular flexibility index (Phi) is 53.4. The molecular formula is C63H104O6. The molecule has 0 aromatic rings. The van der Waals surface area contributed by atoms with Gasteiger partial charge >= 0.3 is 17.9 Å². The van der Waals surface area contributed by atoms with Crippen molar-refractivity contribution in [2.75, 3.05) is 13.2 Å². The van der Waals surface area contributed by atoms with Crippen LogP contribution in [0, 0.1) is 0 Å². The van der Waals surface area contributed by atoms with Crippen molar-refractivity contribution in [1.82, 2.24) is 0 Å². The van der Waals surface area contributed by atoms with Crippen LogP contribution in [0.5, 0.6) is 0 Å². The Bertz CT molecular complexity index is 1420. The van der Waals surface area contributed by atoms with Gasteiger partial charge in [-0.15, -0.1) is 0 Å². The topological polar surface area (TPSA) is 78.9 Å². The van der Waals surface area contributed by atoms with E-state index < -0.39 is 6.10 Å². The molecule has 0 saturated heterocycles. The molecule has 0 bridgehead atoms. The molecular weight excluding hydrogens is 853 g/mol. The lowest BCUT2D eigenvalue weighted by Gasteiger charge is -2.18. The molecule has 6 nitrogen and oxygen atoms in total. The minimum atomic E-state index is -0.818. The first-order chi connectivity index (χ1) is 34.0. The predicted molar refractivity (Wildman–Crippen MR) is 297 cm³/mol.